The Morgan fingerprint density at radius 3 is 2.22 bits per heavy atom. The molecule has 9 heavy (non-hydrogen) atoms. The number of halogens is 1. The Balaban J connectivity index is 3.97. The second-order valence-corrected chi connectivity index (χ2v) is 3.04. The topological polar surface area (TPSA) is 26.3 Å². The molecule has 0 N–H and O–H groups in total. The predicted octanol–water partition coefficient (Wildman–Crippen LogP) is 2.32. The van der Waals surface area contributed by atoms with Crippen molar-refractivity contribution in [3.05, 3.63) is 0 Å². The van der Waals surface area contributed by atoms with Crippen molar-refractivity contribution >= 4 is 29.0 Å². The van der Waals surface area contributed by atoms with Crippen molar-refractivity contribution in [2.45, 2.75) is 27.2 Å². The molecular formula is C6H11IO2. The summed E-state index contributed by atoms with van der Waals surface area (Å²) in [6.07, 6.45) is 0.814. The van der Waals surface area contributed by atoms with Crippen molar-refractivity contribution in [1.29, 1.82) is 0 Å². The van der Waals surface area contributed by atoms with Gasteiger partial charge in [0.1, 0.15) is 0 Å². The lowest BCUT2D eigenvalue weighted by Crippen LogP contribution is -2.22. The van der Waals surface area contributed by atoms with Gasteiger partial charge in [0.25, 0.3) is 0 Å². The average Bonchev–Trinajstić information content (AvgIpc) is 1.86. The van der Waals surface area contributed by atoms with Crippen molar-refractivity contribution in [1.82, 2.24) is 0 Å². The molecule has 0 unspecified atom stereocenters. The Morgan fingerprint density at radius 1 is 1.67 bits per heavy atom. The summed E-state index contributed by atoms with van der Waals surface area (Å²) in [4.78, 5) is 10.8. The molecular weight excluding hydrogens is 231 g/mol. The van der Waals surface area contributed by atoms with Crippen LogP contribution in [0.1, 0.15) is 27.2 Å². The van der Waals surface area contributed by atoms with Crippen LogP contribution >= 0.6 is 23.0 Å². The van der Waals surface area contributed by atoms with Crippen LogP contribution in [0.2, 0.25) is 0 Å². The van der Waals surface area contributed by atoms with Crippen LogP contribution in [0.5, 0.6) is 0 Å². The van der Waals surface area contributed by atoms with Crippen LogP contribution in [-0.4, -0.2) is 5.97 Å². The van der Waals surface area contributed by atoms with Gasteiger partial charge in [0.15, 0.2) is 23.0 Å². The molecule has 0 amide bonds. The molecule has 0 aromatic rings. The maximum absolute atomic E-state index is 10.8. The minimum Gasteiger partial charge on any atom is -0.394 e. The van der Waals surface area contributed by atoms with E-state index in [1.165, 1.54) is 0 Å². The van der Waals surface area contributed by atoms with Gasteiger partial charge in [-0.1, -0.05) is 6.92 Å². The number of hydrogen-bond acceptors (Lipinski definition) is 2. The first kappa shape index (κ1) is 9.20. The van der Waals surface area contributed by atoms with Gasteiger partial charge in [-0.05, 0) is 20.3 Å². The van der Waals surface area contributed by atoms with E-state index in [9.17, 15) is 4.79 Å². The molecule has 0 atom stereocenters. The Bertz CT molecular complexity index is 110. The third kappa shape index (κ3) is 2.51. The zero-order chi connectivity index (χ0) is 7.49. The molecule has 0 saturated carbocycles. The summed E-state index contributed by atoms with van der Waals surface area (Å²) in [5.74, 6) is -0.148. The van der Waals surface area contributed by atoms with Crippen molar-refractivity contribution in [3.8, 4) is 0 Å². The molecule has 0 heterocycles. The molecule has 0 aliphatic rings. The van der Waals surface area contributed by atoms with E-state index in [1.807, 2.05) is 20.8 Å². The van der Waals surface area contributed by atoms with E-state index in [2.05, 4.69) is 3.07 Å². The molecule has 0 aromatic heterocycles. The minimum atomic E-state index is -0.318. The number of carbonyl (C=O) groups excluding carboxylic acids is 1. The normalized spacial score (nSPS) is 11.1. The van der Waals surface area contributed by atoms with Crippen LogP contribution < -0.4 is 0 Å². The Morgan fingerprint density at radius 2 is 2.11 bits per heavy atom. The van der Waals surface area contributed by atoms with E-state index in [0.717, 1.165) is 6.42 Å². The van der Waals surface area contributed by atoms with E-state index in [0.29, 0.717) is 0 Å². The quantitative estimate of drug-likeness (QED) is 0.694. The zero-order valence-electron chi connectivity index (χ0n) is 5.90. The van der Waals surface area contributed by atoms with Gasteiger partial charge in [0.2, 0.25) is 0 Å². The van der Waals surface area contributed by atoms with Crippen molar-refractivity contribution in [2.24, 2.45) is 5.41 Å². The molecule has 0 spiro atoms. The summed E-state index contributed by atoms with van der Waals surface area (Å²) < 4.78 is 4.54. The maximum Gasteiger partial charge on any atom is 0.320 e. The van der Waals surface area contributed by atoms with Crippen LogP contribution in [0.3, 0.4) is 0 Å². The lowest BCUT2D eigenvalue weighted by molar-refractivity contribution is -0.140. The Kier molecular flexibility index (Phi) is 3.46. The van der Waals surface area contributed by atoms with E-state index < -0.39 is 0 Å². The van der Waals surface area contributed by atoms with Gasteiger partial charge in [0.05, 0.1) is 5.41 Å². The highest BCUT2D eigenvalue weighted by Crippen LogP contribution is 2.22. The molecule has 0 rings (SSSR count). The van der Waals surface area contributed by atoms with Gasteiger partial charge in [-0.15, -0.1) is 0 Å². The van der Waals surface area contributed by atoms with Gasteiger partial charge in [0, 0.05) is 0 Å². The van der Waals surface area contributed by atoms with Crippen LogP contribution in [0.25, 0.3) is 0 Å². The first-order valence-electron chi connectivity index (χ1n) is 2.87. The molecule has 0 radical (unpaired) electrons. The summed E-state index contributed by atoms with van der Waals surface area (Å²) in [6, 6.07) is 0. The van der Waals surface area contributed by atoms with E-state index in [4.69, 9.17) is 0 Å². The molecule has 0 saturated heterocycles. The van der Waals surface area contributed by atoms with Gasteiger partial charge in [-0.25, -0.2) is 0 Å². The Labute approximate surface area is 69.7 Å². The average molecular weight is 242 g/mol. The smallest absolute Gasteiger partial charge is 0.320 e. The number of hydrogen-bond donors (Lipinski definition) is 0. The van der Waals surface area contributed by atoms with Gasteiger partial charge < -0.3 is 3.07 Å². The molecule has 0 bridgehead atoms. The van der Waals surface area contributed by atoms with Crippen LogP contribution in [-0.2, 0) is 7.86 Å². The van der Waals surface area contributed by atoms with Crippen LogP contribution in [0.15, 0.2) is 0 Å². The fourth-order valence-electron chi connectivity index (χ4n) is 0.249. The molecule has 0 aromatic carbocycles. The molecule has 0 fully saturated rings. The number of carbonyl (C=O) groups is 1. The van der Waals surface area contributed by atoms with Gasteiger partial charge in [-0.3, -0.25) is 4.79 Å². The predicted molar refractivity (Wildman–Crippen MR) is 44.2 cm³/mol. The van der Waals surface area contributed by atoms with Crippen molar-refractivity contribution in [2.75, 3.05) is 0 Å². The first-order valence-corrected chi connectivity index (χ1v) is 3.75. The standard InChI is InChI=1S/C6H11IO2/c1-4-6(2,3)5(8)9-7/h4H2,1-3H3. The highest BCUT2D eigenvalue weighted by Gasteiger charge is 2.26. The SMILES string of the molecule is CCC(C)(C)C(=O)OI. The van der Waals surface area contributed by atoms with E-state index in [1.54, 1.807) is 23.0 Å². The summed E-state index contributed by atoms with van der Waals surface area (Å²) in [7, 11) is 0. The highest BCUT2D eigenvalue weighted by atomic mass is 127. The zero-order valence-corrected chi connectivity index (χ0v) is 8.06. The van der Waals surface area contributed by atoms with E-state index in [-0.39, 0.29) is 11.4 Å². The fraction of sp³-hybridized carbons (Fsp3) is 0.833. The maximum atomic E-state index is 10.8. The largest absolute Gasteiger partial charge is 0.394 e. The summed E-state index contributed by atoms with van der Waals surface area (Å²) in [5, 5.41) is 0. The van der Waals surface area contributed by atoms with Gasteiger partial charge >= 0.3 is 5.97 Å². The third-order valence-electron chi connectivity index (χ3n) is 1.51. The Hall–Kier alpha value is 0.200. The lowest BCUT2D eigenvalue weighted by atomic mass is 9.91. The third-order valence-corrected chi connectivity index (χ3v) is 1.91. The highest BCUT2D eigenvalue weighted by molar-refractivity contribution is 14.1. The van der Waals surface area contributed by atoms with E-state index >= 15 is 0 Å². The van der Waals surface area contributed by atoms with Crippen LogP contribution in [0.4, 0.5) is 0 Å². The molecule has 3 heteroatoms. The van der Waals surface area contributed by atoms with Gasteiger partial charge in [-0.2, -0.15) is 0 Å². The molecule has 2 nitrogen and oxygen atoms in total. The molecule has 54 valence electrons. The first-order chi connectivity index (χ1) is 4.04. The minimum absolute atomic E-state index is 0.148. The molecule has 0 aliphatic carbocycles. The van der Waals surface area contributed by atoms with Crippen LogP contribution in [0, 0.1) is 5.41 Å². The summed E-state index contributed by atoms with van der Waals surface area (Å²) in [5.41, 5.74) is -0.318. The lowest BCUT2D eigenvalue weighted by Gasteiger charge is -2.16. The second-order valence-electron chi connectivity index (χ2n) is 2.60. The summed E-state index contributed by atoms with van der Waals surface area (Å²) >= 11 is 1.61. The molecule has 0 aliphatic heterocycles. The van der Waals surface area contributed by atoms with Crippen molar-refractivity contribution < 1.29 is 7.86 Å². The monoisotopic (exact) mass is 242 g/mol. The van der Waals surface area contributed by atoms with Crippen molar-refractivity contribution in [3.63, 3.8) is 0 Å². The number of rotatable bonds is 2. The fourth-order valence-corrected chi connectivity index (χ4v) is 0.845. The summed E-state index contributed by atoms with van der Waals surface area (Å²) in [6.45, 7) is 5.70. The second kappa shape index (κ2) is 3.39.